The normalized spacial score (nSPS) is 11.2. The molecule has 0 N–H and O–H groups in total. The van der Waals surface area contributed by atoms with Gasteiger partial charge in [0.1, 0.15) is 24.2 Å². The molecule has 0 radical (unpaired) electrons. The Balaban J connectivity index is 1.18. The van der Waals surface area contributed by atoms with Crippen molar-refractivity contribution in [1.29, 1.82) is 0 Å². The molecule has 162 valence electrons. The Bertz CT molecular complexity index is 1150. The average Bonchev–Trinajstić information content (AvgIpc) is 3.61. The van der Waals surface area contributed by atoms with Gasteiger partial charge in [0.2, 0.25) is 0 Å². The van der Waals surface area contributed by atoms with E-state index in [2.05, 4.69) is 44.7 Å². The van der Waals surface area contributed by atoms with Crippen molar-refractivity contribution in [3.63, 3.8) is 0 Å². The molecule has 8 nitrogen and oxygen atoms in total. The van der Waals surface area contributed by atoms with Crippen LogP contribution in [0.3, 0.4) is 0 Å². The maximum atomic E-state index is 5.43. The van der Waals surface area contributed by atoms with Crippen LogP contribution in [-0.4, -0.2) is 29.5 Å². The van der Waals surface area contributed by atoms with E-state index in [-0.39, 0.29) is 0 Å². The smallest absolute Gasteiger partial charge is 0.191 e. The molecule has 0 unspecified atom stereocenters. The summed E-state index contributed by atoms with van der Waals surface area (Å²) in [7, 11) is 0. The van der Waals surface area contributed by atoms with Crippen LogP contribution < -0.4 is 0 Å². The molecule has 0 atom stereocenters. The molecular formula is C22H20N6O2S2. The van der Waals surface area contributed by atoms with Gasteiger partial charge in [-0.1, -0.05) is 47.8 Å². The fraction of sp³-hybridized carbons (Fsp3) is 0.182. The Hall–Kier alpha value is -3.24. The second-order valence-electron chi connectivity index (χ2n) is 7.04. The second kappa shape index (κ2) is 9.92. The lowest BCUT2D eigenvalue weighted by atomic mass is 10.2. The summed E-state index contributed by atoms with van der Waals surface area (Å²) in [6.07, 6.45) is 6.82. The summed E-state index contributed by atoms with van der Waals surface area (Å²) in [5.74, 6) is 3.38. The number of hydrogen-bond donors (Lipinski definition) is 0. The van der Waals surface area contributed by atoms with E-state index in [1.54, 1.807) is 48.7 Å². The average molecular weight is 465 g/mol. The fourth-order valence-electron chi connectivity index (χ4n) is 3.18. The van der Waals surface area contributed by atoms with Gasteiger partial charge in [0.15, 0.2) is 10.3 Å². The molecule has 0 saturated heterocycles. The van der Waals surface area contributed by atoms with Gasteiger partial charge in [-0.05, 0) is 35.4 Å². The zero-order chi connectivity index (χ0) is 21.6. The minimum absolute atomic E-state index is 0.623. The Kier molecular flexibility index (Phi) is 6.40. The first-order chi connectivity index (χ1) is 15.8. The van der Waals surface area contributed by atoms with Gasteiger partial charge in [0.05, 0.1) is 25.6 Å². The van der Waals surface area contributed by atoms with Crippen LogP contribution in [0.4, 0.5) is 0 Å². The molecule has 0 aliphatic rings. The molecule has 0 fully saturated rings. The number of furan rings is 2. The number of thioether (sulfide) groups is 2. The zero-order valence-corrected chi connectivity index (χ0v) is 18.7. The third kappa shape index (κ3) is 5.14. The first-order valence-electron chi connectivity index (χ1n) is 9.97. The van der Waals surface area contributed by atoms with Gasteiger partial charge in [0.25, 0.3) is 0 Å². The number of benzene rings is 1. The lowest BCUT2D eigenvalue weighted by Crippen LogP contribution is -2.00. The van der Waals surface area contributed by atoms with Crippen LogP contribution >= 0.6 is 23.5 Å². The number of rotatable bonds is 10. The molecule has 0 aliphatic heterocycles. The highest BCUT2D eigenvalue weighted by Crippen LogP contribution is 2.25. The molecule has 0 saturated carbocycles. The maximum Gasteiger partial charge on any atom is 0.191 e. The summed E-state index contributed by atoms with van der Waals surface area (Å²) in [6, 6.07) is 16.2. The van der Waals surface area contributed by atoms with E-state index in [1.165, 1.54) is 11.1 Å². The summed E-state index contributed by atoms with van der Waals surface area (Å²) < 4.78 is 14.9. The van der Waals surface area contributed by atoms with Crippen LogP contribution in [0.15, 0.2) is 92.9 Å². The number of nitrogens with zero attached hydrogens (tertiary/aromatic N) is 6. The maximum absolute atomic E-state index is 5.43. The topological polar surface area (TPSA) is 87.7 Å². The largest absolute Gasteiger partial charge is 0.467 e. The monoisotopic (exact) mass is 464 g/mol. The van der Waals surface area contributed by atoms with Crippen molar-refractivity contribution in [2.45, 2.75) is 34.9 Å². The molecule has 0 aliphatic carbocycles. The first kappa shape index (κ1) is 20.7. The van der Waals surface area contributed by atoms with E-state index >= 15 is 0 Å². The van der Waals surface area contributed by atoms with Gasteiger partial charge in [-0.15, -0.1) is 20.4 Å². The molecule has 1 aromatic carbocycles. The van der Waals surface area contributed by atoms with Crippen LogP contribution in [0.2, 0.25) is 0 Å². The van der Waals surface area contributed by atoms with Gasteiger partial charge in [0, 0.05) is 11.5 Å². The van der Waals surface area contributed by atoms with Gasteiger partial charge in [-0.2, -0.15) is 0 Å². The van der Waals surface area contributed by atoms with E-state index in [0.717, 1.165) is 33.3 Å². The van der Waals surface area contributed by atoms with Crippen LogP contribution in [-0.2, 0) is 24.6 Å². The number of aromatic nitrogens is 6. The second-order valence-corrected chi connectivity index (χ2v) is 8.92. The van der Waals surface area contributed by atoms with E-state index in [0.29, 0.717) is 13.1 Å². The van der Waals surface area contributed by atoms with E-state index in [1.807, 2.05) is 33.4 Å². The predicted molar refractivity (Wildman–Crippen MR) is 121 cm³/mol. The summed E-state index contributed by atoms with van der Waals surface area (Å²) in [4.78, 5) is 0. The molecule has 0 bridgehead atoms. The van der Waals surface area contributed by atoms with Gasteiger partial charge in [-0.3, -0.25) is 0 Å². The molecular weight excluding hydrogens is 444 g/mol. The molecule has 0 amide bonds. The molecule has 4 heterocycles. The van der Waals surface area contributed by atoms with Crippen molar-refractivity contribution in [1.82, 2.24) is 29.5 Å². The summed E-state index contributed by atoms with van der Waals surface area (Å²) in [6.45, 7) is 1.25. The highest BCUT2D eigenvalue weighted by atomic mass is 32.2. The van der Waals surface area contributed by atoms with Crippen LogP contribution in [0.5, 0.6) is 0 Å². The van der Waals surface area contributed by atoms with Crippen LogP contribution in [0.25, 0.3) is 0 Å². The lowest BCUT2D eigenvalue weighted by molar-refractivity contribution is 0.484. The standard InChI is InChI=1S/C22H20N6O2S2/c1-4-17(13-31-21-25-23-15-27(21)11-19-6-2-8-29-19)10-18(5-1)14-32-22-26-24-16-28(22)12-20-7-3-9-30-20/h1-10,15-16H,11-14H2. The minimum Gasteiger partial charge on any atom is -0.467 e. The summed E-state index contributed by atoms with van der Waals surface area (Å²) in [5.41, 5.74) is 2.47. The minimum atomic E-state index is 0.623. The van der Waals surface area contributed by atoms with E-state index in [4.69, 9.17) is 8.83 Å². The van der Waals surface area contributed by atoms with Gasteiger partial charge in [-0.25, -0.2) is 0 Å². The Morgan fingerprint density at radius 3 is 1.69 bits per heavy atom. The Morgan fingerprint density at radius 2 is 1.22 bits per heavy atom. The van der Waals surface area contributed by atoms with Crippen molar-refractivity contribution < 1.29 is 8.83 Å². The molecule has 5 rings (SSSR count). The van der Waals surface area contributed by atoms with Crippen molar-refractivity contribution >= 4 is 23.5 Å². The zero-order valence-electron chi connectivity index (χ0n) is 17.1. The van der Waals surface area contributed by atoms with Crippen molar-refractivity contribution in [2.24, 2.45) is 0 Å². The third-order valence-electron chi connectivity index (χ3n) is 4.70. The first-order valence-corrected chi connectivity index (χ1v) is 11.9. The molecule has 0 spiro atoms. The van der Waals surface area contributed by atoms with E-state index < -0.39 is 0 Å². The van der Waals surface area contributed by atoms with Crippen molar-refractivity contribution in [3.8, 4) is 0 Å². The van der Waals surface area contributed by atoms with Crippen LogP contribution in [0, 0.1) is 0 Å². The van der Waals surface area contributed by atoms with Crippen molar-refractivity contribution in [2.75, 3.05) is 0 Å². The SMILES string of the molecule is c1cc(CSc2nncn2Cc2ccco2)cc(CSc2nncn2Cc2ccco2)c1. The summed E-state index contributed by atoms with van der Waals surface area (Å²) in [5, 5.41) is 18.3. The molecule has 4 aromatic heterocycles. The highest BCUT2D eigenvalue weighted by Gasteiger charge is 2.10. The van der Waals surface area contributed by atoms with Gasteiger partial charge >= 0.3 is 0 Å². The molecule has 32 heavy (non-hydrogen) atoms. The van der Waals surface area contributed by atoms with Gasteiger partial charge < -0.3 is 18.0 Å². The van der Waals surface area contributed by atoms with Crippen molar-refractivity contribution in [3.05, 3.63) is 96.4 Å². The predicted octanol–water partition coefficient (Wildman–Crippen LogP) is 4.74. The lowest BCUT2D eigenvalue weighted by Gasteiger charge is -2.07. The Labute approximate surface area is 193 Å². The molecule has 5 aromatic rings. The van der Waals surface area contributed by atoms with E-state index in [9.17, 15) is 0 Å². The Morgan fingerprint density at radius 1 is 0.688 bits per heavy atom. The third-order valence-corrected chi connectivity index (χ3v) is 6.80. The highest BCUT2D eigenvalue weighted by molar-refractivity contribution is 7.98. The summed E-state index contributed by atoms with van der Waals surface area (Å²) >= 11 is 3.32. The van der Waals surface area contributed by atoms with Crippen LogP contribution in [0.1, 0.15) is 22.6 Å². The fourth-order valence-corrected chi connectivity index (χ4v) is 4.89. The molecule has 10 heteroatoms. The quantitative estimate of drug-likeness (QED) is 0.274. The number of hydrogen-bond acceptors (Lipinski definition) is 8.